The summed E-state index contributed by atoms with van der Waals surface area (Å²) in [4.78, 5) is 10.8. The summed E-state index contributed by atoms with van der Waals surface area (Å²) in [6.07, 6.45) is 1.75. The van der Waals surface area contributed by atoms with Crippen molar-refractivity contribution in [3.63, 3.8) is 0 Å². The van der Waals surface area contributed by atoms with E-state index in [0.29, 0.717) is 0 Å². The van der Waals surface area contributed by atoms with Crippen LogP contribution >= 0.6 is 0 Å². The zero-order valence-electron chi connectivity index (χ0n) is 9.36. The Morgan fingerprint density at radius 3 is 2.75 bits per heavy atom. The highest BCUT2D eigenvalue weighted by atomic mass is 16.4. The van der Waals surface area contributed by atoms with Gasteiger partial charge in [-0.25, -0.2) is 0 Å². The van der Waals surface area contributed by atoms with Gasteiger partial charge in [0.25, 0.3) is 0 Å². The summed E-state index contributed by atoms with van der Waals surface area (Å²) < 4.78 is 5.42. The number of rotatable bonds is 3. The van der Waals surface area contributed by atoms with Crippen molar-refractivity contribution in [2.24, 2.45) is 0 Å². The van der Waals surface area contributed by atoms with E-state index in [9.17, 15) is 4.79 Å². The van der Waals surface area contributed by atoms with Crippen molar-refractivity contribution in [3.05, 3.63) is 36.1 Å². The van der Waals surface area contributed by atoms with Crippen LogP contribution in [-0.4, -0.2) is 11.1 Å². The highest BCUT2D eigenvalue weighted by molar-refractivity contribution is 5.83. The van der Waals surface area contributed by atoms with Crippen LogP contribution < -0.4 is 0 Å². The molecule has 0 fully saturated rings. The number of carboxylic acid groups (broad SMARTS) is 1. The quantitative estimate of drug-likeness (QED) is 0.860. The van der Waals surface area contributed by atoms with Crippen molar-refractivity contribution in [3.8, 4) is 0 Å². The maximum atomic E-state index is 10.8. The number of aliphatic carboxylic acids is 1. The van der Waals surface area contributed by atoms with Gasteiger partial charge in [-0.2, -0.15) is 0 Å². The Hall–Kier alpha value is -1.77. The van der Waals surface area contributed by atoms with E-state index in [2.05, 4.69) is 0 Å². The lowest BCUT2D eigenvalue weighted by Gasteiger charge is -2.21. The Labute approximate surface area is 93.7 Å². The second-order valence-electron chi connectivity index (χ2n) is 4.60. The molecule has 1 aromatic heterocycles. The molecule has 2 aromatic rings. The maximum absolute atomic E-state index is 10.8. The van der Waals surface area contributed by atoms with E-state index >= 15 is 0 Å². The van der Waals surface area contributed by atoms with Crippen molar-refractivity contribution in [2.45, 2.75) is 25.7 Å². The molecule has 1 N–H and O–H groups in total. The van der Waals surface area contributed by atoms with Crippen LogP contribution in [0.3, 0.4) is 0 Å². The fourth-order valence-corrected chi connectivity index (χ4v) is 1.98. The SMILES string of the molecule is CC(C)(CC(=O)O)c1coc2ccccc12. The second-order valence-corrected chi connectivity index (χ2v) is 4.60. The Morgan fingerprint density at radius 1 is 1.38 bits per heavy atom. The number of carbonyl (C=O) groups is 1. The molecule has 0 saturated heterocycles. The van der Waals surface area contributed by atoms with Crippen LogP contribution in [0.4, 0.5) is 0 Å². The molecule has 3 heteroatoms. The zero-order valence-corrected chi connectivity index (χ0v) is 9.36. The van der Waals surface area contributed by atoms with Gasteiger partial charge in [0.15, 0.2) is 0 Å². The first-order chi connectivity index (χ1) is 7.50. The number of carboxylic acids is 1. The van der Waals surface area contributed by atoms with Gasteiger partial charge in [0.2, 0.25) is 0 Å². The third kappa shape index (κ3) is 1.81. The molecule has 0 aliphatic carbocycles. The lowest BCUT2D eigenvalue weighted by molar-refractivity contribution is -0.138. The lowest BCUT2D eigenvalue weighted by Crippen LogP contribution is -2.21. The van der Waals surface area contributed by atoms with E-state index in [1.807, 2.05) is 38.1 Å². The molecular weight excluding hydrogens is 204 g/mol. The summed E-state index contributed by atoms with van der Waals surface area (Å²) in [6, 6.07) is 7.67. The molecule has 0 radical (unpaired) electrons. The number of benzene rings is 1. The van der Waals surface area contributed by atoms with Crippen LogP contribution in [0.15, 0.2) is 34.9 Å². The fraction of sp³-hybridized carbons (Fsp3) is 0.308. The van der Waals surface area contributed by atoms with E-state index < -0.39 is 11.4 Å². The van der Waals surface area contributed by atoms with Crippen LogP contribution in [0.25, 0.3) is 11.0 Å². The minimum Gasteiger partial charge on any atom is -0.481 e. The molecule has 2 rings (SSSR count). The largest absolute Gasteiger partial charge is 0.481 e. The van der Waals surface area contributed by atoms with E-state index in [0.717, 1.165) is 16.5 Å². The Kier molecular flexibility index (Phi) is 2.46. The van der Waals surface area contributed by atoms with Gasteiger partial charge in [-0.3, -0.25) is 4.79 Å². The van der Waals surface area contributed by atoms with Crippen LogP contribution in [0.2, 0.25) is 0 Å². The average molecular weight is 218 g/mol. The number of hydrogen-bond acceptors (Lipinski definition) is 2. The topological polar surface area (TPSA) is 50.4 Å². The van der Waals surface area contributed by atoms with Crippen molar-refractivity contribution in [1.29, 1.82) is 0 Å². The van der Waals surface area contributed by atoms with E-state index in [-0.39, 0.29) is 6.42 Å². The Morgan fingerprint density at radius 2 is 2.06 bits per heavy atom. The smallest absolute Gasteiger partial charge is 0.304 e. The molecule has 1 heterocycles. The molecule has 0 aliphatic heterocycles. The summed E-state index contributed by atoms with van der Waals surface area (Å²) in [5, 5.41) is 9.88. The predicted molar refractivity (Wildman–Crippen MR) is 61.5 cm³/mol. The van der Waals surface area contributed by atoms with Gasteiger partial charge < -0.3 is 9.52 Å². The summed E-state index contributed by atoms with van der Waals surface area (Å²) in [5.74, 6) is -0.796. The minimum atomic E-state index is -0.796. The van der Waals surface area contributed by atoms with Gasteiger partial charge in [-0.15, -0.1) is 0 Å². The molecule has 0 spiro atoms. The molecule has 0 saturated carbocycles. The number of furan rings is 1. The summed E-state index contributed by atoms with van der Waals surface area (Å²) in [7, 11) is 0. The van der Waals surface area contributed by atoms with Gasteiger partial charge in [-0.05, 0) is 6.07 Å². The highest BCUT2D eigenvalue weighted by Gasteiger charge is 2.27. The average Bonchev–Trinajstić information content (AvgIpc) is 2.59. The molecule has 1 aromatic carbocycles. The molecule has 0 bridgehead atoms. The normalized spacial score (nSPS) is 11.9. The number of para-hydroxylation sites is 1. The van der Waals surface area contributed by atoms with Crippen molar-refractivity contribution in [2.75, 3.05) is 0 Å². The number of hydrogen-bond donors (Lipinski definition) is 1. The van der Waals surface area contributed by atoms with Gasteiger partial charge >= 0.3 is 5.97 Å². The van der Waals surface area contributed by atoms with Crippen LogP contribution in [-0.2, 0) is 10.2 Å². The Balaban J connectivity index is 2.50. The first kappa shape index (κ1) is 10.7. The standard InChI is InChI=1S/C13H14O3/c1-13(2,7-12(14)15)10-8-16-11-6-4-3-5-9(10)11/h3-6,8H,7H2,1-2H3,(H,14,15). The van der Waals surface area contributed by atoms with Crippen LogP contribution in [0.1, 0.15) is 25.8 Å². The molecule has 16 heavy (non-hydrogen) atoms. The third-order valence-electron chi connectivity index (χ3n) is 2.80. The molecule has 0 atom stereocenters. The fourth-order valence-electron chi connectivity index (χ4n) is 1.98. The maximum Gasteiger partial charge on any atom is 0.304 e. The van der Waals surface area contributed by atoms with E-state index in [1.165, 1.54) is 0 Å². The van der Waals surface area contributed by atoms with Gasteiger partial charge in [0.1, 0.15) is 5.58 Å². The zero-order chi connectivity index (χ0) is 11.8. The first-order valence-electron chi connectivity index (χ1n) is 5.19. The summed E-state index contributed by atoms with van der Waals surface area (Å²) >= 11 is 0. The third-order valence-corrected chi connectivity index (χ3v) is 2.80. The van der Waals surface area contributed by atoms with Crippen molar-refractivity contribution in [1.82, 2.24) is 0 Å². The molecular formula is C13H14O3. The van der Waals surface area contributed by atoms with Crippen LogP contribution in [0, 0.1) is 0 Å². The molecule has 84 valence electrons. The van der Waals surface area contributed by atoms with Gasteiger partial charge in [-0.1, -0.05) is 32.0 Å². The summed E-state index contributed by atoms with van der Waals surface area (Å²) in [6.45, 7) is 3.83. The monoisotopic (exact) mass is 218 g/mol. The second kappa shape index (κ2) is 3.67. The summed E-state index contributed by atoms with van der Waals surface area (Å²) in [5.41, 5.74) is 1.33. The predicted octanol–water partition coefficient (Wildman–Crippen LogP) is 3.19. The molecule has 0 unspecified atom stereocenters. The van der Waals surface area contributed by atoms with E-state index in [1.54, 1.807) is 6.26 Å². The highest BCUT2D eigenvalue weighted by Crippen LogP contribution is 2.34. The lowest BCUT2D eigenvalue weighted by atomic mass is 9.81. The molecule has 3 nitrogen and oxygen atoms in total. The molecule has 0 aliphatic rings. The van der Waals surface area contributed by atoms with Crippen molar-refractivity contribution < 1.29 is 14.3 Å². The number of fused-ring (bicyclic) bond motifs is 1. The Bertz CT molecular complexity index is 523. The first-order valence-corrected chi connectivity index (χ1v) is 5.19. The minimum absolute atomic E-state index is 0.0938. The van der Waals surface area contributed by atoms with Crippen molar-refractivity contribution >= 4 is 16.9 Å². The van der Waals surface area contributed by atoms with E-state index in [4.69, 9.17) is 9.52 Å². The molecule has 0 amide bonds. The van der Waals surface area contributed by atoms with Crippen LogP contribution in [0.5, 0.6) is 0 Å². The van der Waals surface area contributed by atoms with Gasteiger partial charge in [0.05, 0.1) is 12.7 Å². The van der Waals surface area contributed by atoms with Gasteiger partial charge in [0, 0.05) is 16.4 Å².